The summed E-state index contributed by atoms with van der Waals surface area (Å²) in [4.78, 5) is 38.6. The van der Waals surface area contributed by atoms with E-state index in [9.17, 15) is 14.4 Å². The van der Waals surface area contributed by atoms with Crippen LogP contribution < -0.4 is 15.0 Å². The number of rotatable bonds is 7. The first-order valence-corrected chi connectivity index (χ1v) is 9.55. The van der Waals surface area contributed by atoms with Crippen LogP contribution >= 0.6 is 0 Å². The summed E-state index contributed by atoms with van der Waals surface area (Å²) in [6, 6.07) is 13.9. The lowest BCUT2D eigenvalue weighted by Gasteiger charge is -2.17. The summed E-state index contributed by atoms with van der Waals surface area (Å²) in [6.07, 6.45) is 1.03. The Morgan fingerprint density at radius 3 is 2.55 bits per heavy atom. The van der Waals surface area contributed by atoms with Gasteiger partial charge in [-0.05, 0) is 42.8 Å². The number of nitrogens with zero attached hydrogens (tertiary/aromatic N) is 1. The highest BCUT2D eigenvalue weighted by Gasteiger charge is 2.35. The Kier molecular flexibility index (Phi) is 6.49. The van der Waals surface area contributed by atoms with E-state index < -0.39 is 11.9 Å². The number of hydrogen-bond acceptors (Lipinski definition) is 5. The zero-order valence-electron chi connectivity index (χ0n) is 16.5. The molecule has 3 rings (SSSR count). The number of amides is 2. The van der Waals surface area contributed by atoms with Gasteiger partial charge in [-0.15, -0.1) is 0 Å². The Bertz CT molecular complexity index is 894. The van der Waals surface area contributed by atoms with E-state index in [1.807, 2.05) is 31.2 Å². The highest BCUT2D eigenvalue weighted by Crippen LogP contribution is 2.28. The molecule has 0 aliphatic carbocycles. The molecule has 2 amide bonds. The zero-order chi connectivity index (χ0) is 20.8. The monoisotopic (exact) mass is 396 g/mol. The van der Waals surface area contributed by atoms with Crippen LogP contribution in [0.25, 0.3) is 0 Å². The van der Waals surface area contributed by atoms with Crippen molar-refractivity contribution in [2.45, 2.75) is 19.8 Å². The van der Waals surface area contributed by atoms with Crippen molar-refractivity contribution in [2.24, 2.45) is 5.92 Å². The van der Waals surface area contributed by atoms with E-state index in [0.717, 1.165) is 17.9 Å². The lowest BCUT2D eigenvalue weighted by Crippen LogP contribution is -2.28. The molecule has 0 aromatic heterocycles. The van der Waals surface area contributed by atoms with E-state index >= 15 is 0 Å². The Morgan fingerprint density at radius 2 is 1.86 bits per heavy atom. The second kappa shape index (κ2) is 9.23. The summed E-state index contributed by atoms with van der Waals surface area (Å²) in [5.41, 5.74) is 1.36. The van der Waals surface area contributed by atoms with Gasteiger partial charge in [0.1, 0.15) is 5.75 Å². The predicted octanol–water partition coefficient (Wildman–Crippen LogP) is 3.25. The molecule has 1 saturated heterocycles. The van der Waals surface area contributed by atoms with Gasteiger partial charge in [0.05, 0.1) is 30.9 Å². The first-order chi connectivity index (χ1) is 14.0. The van der Waals surface area contributed by atoms with Gasteiger partial charge in [-0.3, -0.25) is 9.59 Å². The molecule has 0 unspecified atom stereocenters. The molecule has 7 heteroatoms. The molecule has 2 aromatic rings. The molecule has 1 N–H and O–H groups in total. The summed E-state index contributed by atoms with van der Waals surface area (Å²) < 4.78 is 10.3. The van der Waals surface area contributed by atoms with Crippen LogP contribution in [0.3, 0.4) is 0 Å². The average Bonchev–Trinajstić information content (AvgIpc) is 3.14. The van der Waals surface area contributed by atoms with Crippen molar-refractivity contribution in [1.29, 1.82) is 0 Å². The summed E-state index contributed by atoms with van der Waals surface area (Å²) >= 11 is 0. The fourth-order valence-corrected chi connectivity index (χ4v) is 3.19. The Balaban J connectivity index is 1.67. The number of ether oxygens (including phenoxy) is 2. The number of carbonyl (C=O) groups is 3. The Morgan fingerprint density at radius 1 is 1.14 bits per heavy atom. The molecule has 1 aliphatic rings. The van der Waals surface area contributed by atoms with Gasteiger partial charge in [-0.25, -0.2) is 4.79 Å². The number of methoxy groups -OCH3 is 1. The van der Waals surface area contributed by atoms with E-state index in [-0.39, 0.29) is 30.3 Å². The minimum Gasteiger partial charge on any atom is -0.494 e. The van der Waals surface area contributed by atoms with Crippen LogP contribution in [-0.4, -0.2) is 38.0 Å². The number of esters is 1. The molecule has 0 spiro atoms. The normalized spacial score (nSPS) is 15.9. The first kappa shape index (κ1) is 20.4. The third-order valence-corrected chi connectivity index (χ3v) is 4.71. The fourth-order valence-electron chi connectivity index (χ4n) is 3.19. The van der Waals surface area contributed by atoms with Crippen molar-refractivity contribution in [1.82, 2.24) is 0 Å². The molecule has 152 valence electrons. The third-order valence-electron chi connectivity index (χ3n) is 4.71. The first-order valence-electron chi connectivity index (χ1n) is 9.55. The molecule has 0 radical (unpaired) electrons. The van der Waals surface area contributed by atoms with Gasteiger partial charge in [0.2, 0.25) is 11.8 Å². The van der Waals surface area contributed by atoms with E-state index in [1.54, 1.807) is 29.2 Å². The zero-order valence-corrected chi connectivity index (χ0v) is 16.5. The molecular weight excluding hydrogens is 372 g/mol. The van der Waals surface area contributed by atoms with Crippen LogP contribution in [0.15, 0.2) is 48.5 Å². The van der Waals surface area contributed by atoms with Gasteiger partial charge in [0, 0.05) is 18.7 Å². The van der Waals surface area contributed by atoms with E-state index in [2.05, 4.69) is 5.32 Å². The van der Waals surface area contributed by atoms with Crippen LogP contribution in [0, 0.1) is 5.92 Å². The number of anilines is 2. The standard InChI is InChI=1S/C22H24N2O5/c1-3-12-29-17-10-8-16(9-11-17)24-14-15(13-20(24)25)21(26)23-19-7-5-4-6-18(19)22(27)28-2/h4-11,15H,3,12-14H2,1-2H3,(H,23,26)/t15-/m1/s1. The highest BCUT2D eigenvalue weighted by atomic mass is 16.5. The van der Waals surface area contributed by atoms with Gasteiger partial charge in [0.25, 0.3) is 0 Å². The quantitative estimate of drug-likeness (QED) is 0.726. The Labute approximate surface area is 169 Å². The molecule has 2 aromatic carbocycles. The maximum Gasteiger partial charge on any atom is 0.339 e. The lowest BCUT2D eigenvalue weighted by molar-refractivity contribution is -0.122. The molecule has 0 bridgehead atoms. The van der Waals surface area contributed by atoms with Crippen molar-refractivity contribution in [3.63, 3.8) is 0 Å². The topological polar surface area (TPSA) is 84.9 Å². The number of carbonyl (C=O) groups excluding carboxylic acids is 3. The van der Waals surface area contributed by atoms with Crippen molar-refractivity contribution in [3.05, 3.63) is 54.1 Å². The summed E-state index contributed by atoms with van der Waals surface area (Å²) in [5, 5.41) is 2.75. The molecule has 1 atom stereocenters. The van der Waals surface area contributed by atoms with E-state index in [1.165, 1.54) is 7.11 Å². The number of benzene rings is 2. The molecular formula is C22H24N2O5. The van der Waals surface area contributed by atoms with Gasteiger partial charge in [0.15, 0.2) is 0 Å². The second-order valence-electron chi connectivity index (χ2n) is 6.77. The average molecular weight is 396 g/mol. The SMILES string of the molecule is CCCOc1ccc(N2C[C@H](C(=O)Nc3ccccc3C(=O)OC)CC2=O)cc1. The minimum atomic E-state index is -0.532. The smallest absolute Gasteiger partial charge is 0.339 e. The van der Waals surface area contributed by atoms with Crippen LogP contribution in [-0.2, 0) is 14.3 Å². The summed E-state index contributed by atoms with van der Waals surface area (Å²) in [5.74, 6) is -0.718. The van der Waals surface area contributed by atoms with Gasteiger partial charge >= 0.3 is 5.97 Å². The lowest BCUT2D eigenvalue weighted by atomic mass is 10.1. The molecule has 7 nitrogen and oxygen atoms in total. The Hall–Kier alpha value is -3.35. The molecule has 1 fully saturated rings. The number of para-hydroxylation sites is 1. The van der Waals surface area contributed by atoms with Crippen molar-refractivity contribution in [3.8, 4) is 5.75 Å². The summed E-state index contributed by atoms with van der Waals surface area (Å²) in [7, 11) is 1.28. The summed E-state index contributed by atoms with van der Waals surface area (Å²) in [6.45, 7) is 2.95. The molecule has 0 saturated carbocycles. The van der Waals surface area contributed by atoms with Crippen molar-refractivity contribution in [2.75, 3.05) is 30.5 Å². The van der Waals surface area contributed by atoms with Crippen molar-refractivity contribution < 1.29 is 23.9 Å². The number of hydrogen-bond donors (Lipinski definition) is 1. The fraction of sp³-hybridized carbons (Fsp3) is 0.318. The third kappa shape index (κ3) is 4.74. The van der Waals surface area contributed by atoms with E-state index in [0.29, 0.717) is 12.3 Å². The van der Waals surface area contributed by atoms with Gasteiger partial charge in [-0.2, -0.15) is 0 Å². The van der Waals surface area contributed by atoms with Crippen LogP contribution in [0.2, 0.25) is 0 Å². The number of nitrogens with one attached hydrogen (secondary N) is 1. The van der Waals surface area contributed by atoms with Crippen LogP contribution in [0.1, 0.15) is 30.1 Å². The van der Waals surface area contributed by atoms with Crippen LogP contribution in [0.4, 0.5) is 11.4 Å². The van der Waals surface area contributed by atoms with Crippen LogP contribution in [0.5, 0.6) is 5.75 Å². The largest absolute Gasteiger partial charge is 0.494 e. The second-order valence-corrected chi connectivity index (χ2v) is 6.77. The molecule has 1 aliphatic heterocycles. The van der Waals surface area contributed by atoms with Gasteiger partial charge in [-0.1, -0.05) is 19.1 Å². The maximum atomic E-state index is 12.7. The minimum absolute atomic E-state index is 0.111. The van der Waals surface area contributed by atoms with Gasteiger partial charge < -0.3 is 19.7 Å². The van der Waals surface area contributed by atoms with Crippen molar-refractivity contribution >= 4 is 29.2 Å². The predicted molar refractivity (Wildman–Crippen MR) is 109 cm³/mol. The highest BCUT2D eigenvalue weighted by molar-refractivity contribution is 6.06. The molecule has 1 heterocycles. The molecule has 29 heavy (non-hydrogen) atoms. The van der Waals surface area contributed by atoms with E-state index in [4.69, 9.17) is 9.47 Å². The maximum absolute atomic E-state index is 12.7.